The van der Waals surface area contributed by atoms with Crippen LogP contribution < -0.4 is 11.3 Å². The molecule has 33 heavy (non-hydrogen) atoms. The first-order valence-electron chi connectivity index (χ1n) is 11.5. The van der Waals surface area contributed by atoms with Crippen LogP contribution >= 0.6 is 0 Å². The number of fused-ring (bicyclic) bond motifs is 1. The van der Waals surface area contributed by atoms with Gasteiger partial charge in [0.1, 0.15) is 12.3 Å². The lowest BCUT2D eigenvalue weighted by Crippen LogP contribution is -2.69. The van der Waals surface area contributed by atoms with Crippen LogP contribution in [-0.4, -0.2) is 62.9 Å². The maximum absolute atomic E-state index is 12.4. The van der Waals surface area contributed by atoms with Crippen molar-refractivity contribution in [3.8, 4) is 0 Å². The Morgan fingerprint density at radius 3 is 2.30 bits per heavy atom. The Morgan fingerprint density at radius 1 is 1.21 bits per heavy atom. The molecule has 1 aliphatic heterocycles. The Kier molecular flexibility index (Phi) is 6.11. The molecule has 9 nitrogen and oxygen atoms in total. The number of hydrogen-bond acceptors (Lipinski definition) is 7. The van der Waals surface area contributed by atoms with Gasteiger partial charge in [-0.3, -0.25) is 14.3 Å². The van der Waals surface area contributed by atoms with E-state index in [1.54, 1.807) is 4.57 Å². The smallest absolute Gasteiger partial charge is 0.280 e. The lowest BCUT2D eigenvalue weighted by molar-refractivity contribution is -0.0745. The molecule has 0 amide bonds. The zero-order valence-corrected chi connectivity index (χ0v) is 23.6. The van der Waals surface area contributed by atoms with E-state index >= 15 is 0 Å². The standard InChI is InChI=1S/C22H41N5O4Si2/c1-20(2,3)32(7,8)18(29)15-22(30,33(9,10)21(4,5)6)11-13(31-15)27-12-24-14-16(27)25-19(23)26-17(14)28/h12-13,15,18,29-30H,11H2,1-10H3,(H3,23,25,26,28)/t13-,15-,18?,22-/m1/s1. The third kappa shape index (κ3) is 3.91. The summed E-state index contributed by atoms with van der Waals surface area (Å²) in [4.78, 5) is 23.2. The van der Waals surface area contributed by atoms with Gasteiger partial charge in [-0.15, -0.1) is 0 Å². The minimum absolute atomic E-state index is 0.00948. The van der Waals surface area contributed by atoms with E-state index in [9.17, 15) is 15.0 Å². The molecule has 0 bridgehead atoms. The second-order valence-electron chi connectivity index (χ2n) is 12.7. The number of nitrogens with zero attached hydrogens (tertiary/aromatic N) is 3. The van der Waals surface area contributed by atoms with E-state index in [1.165, 1.54) is 6.33 Å². The van der Waals surface area contributed by atoms with Gasteiger partial charge < -0.3 is 20.7 Å². The first-order chi connectivity index (χ1) is 14.8. The minimum atomic E-state index is -2.46. The number of aliphatic hydroxyl groups excluding tert-OH is 1. The number of imidazole rings is 1. The van der Waals surface area contributed by atoms with Crippen molar-refractivity contribution in [3.05, 3.63) is 16.7 Å². The van der Waals surface area contributed by atoms with Crippen molar-refractivity contribution in [2.24, 2.45) is 0 Å². The molecule has 11 heteroatoms. The molecular weight excluding hydrogens is 454 g/mol. The Hall–Kier alpha value is -1.54. The maximum atomic E-state index is 12.4. The van der Waals surface area contributed by atoms with E-state index in [0.717, 1.165) is 0 Å². The molecule has 0 saturated carbocycles. The zero-order valence-electron chi connectivity index (χ0n) is 21.6. The molecule has 2 aromatic heterocycles. The summed E-state index contributed by atoms with van der Waals surface area (Å²) in [5.41, 5.74) is 5.04. The van der Waals surface area contributed by atoms with Crippen LogP contribution in [0.25, 0.3) is 11.2 Å². The van der Waals surface area contributed by atoms with Gasteiger partial charge in [-0.1, -0.05) is 67.7 Å². The van der Waals surface area contributed by atoms with E-state index in [1.807, 2.05) is 0 Å². The highest BCUT2D eigenvalue weighted by Gasteiger charge is 2.65. The summed E-state index contributed by atoms with van der Waals surface area (Å²) in [5.74, 6) is -0.00948. The number of aromatic amines is 1. The minimum Gasteiger partial charge on any atom is -0.394 e. The number of nitrogens with two attached hydrogens (primary N) is 1. The molecule has 3 heterocycles. The first-order valence-corrected chi connectivity index (χ1v) is 17.6. The molecule has 0 spiro atoms. The van der Waals surface area contributed by atoms with E-state index in [2.05, 4.69) is 82.7 Å². The van der Waals surface area contributed by atoms with E-state index in [4.69, 9.17) is 10.5 Å². The largest absolute Gasteiger partial charge is 0.394 e. The molecule has 0 aromatic carbocycles. The average Bonchev–Trinajstić information content (AvgIpc) is 3.21. The van der Waals surface area contributed by atoms with Crippen LogP contribution in [-0.2, 0) is 4.74 Å². The number of nitrogens with one attached hydrogen (secondary N) is 1. The molecule has 186 valence electrons. The Labute approximate surface area is 197 Å². The number of nitrogen functional groups attached to an aromatic ring is 1. The first kappa shape index (κ1) is 26.1. The van der Waals surface area contributed by atoms with Gasteiger partial charge in [-0.25, -0.2) is 4.98 Å². The summed E-state index contributed by atoms with van der Waals surface area (Å²) in [6, 6.07) is 0. The van der Waals surface area contributed by atoms with Gasteiger partial charge in [0.05, 0.1) is 33.4 Å². The molecule has 0 aliphatic carbocycles. The van der Waals surface area contributed by atoms with Gasteiger partial charge in [0, 0.05) is 6.42 Å². The van der Waals surface area contributed by atoms with Crippen LogP contribution in [0.2, 0.25) is 36.3 Å². The molecule has 3 rings (SSSR count). The number of anilines is 1. The topological polar surface area (TPSA) is 139 Å². The van der Waals surface area contributed by atoms with Gasteiger partial charge >= 0.3 is 0 Å². The molecule has 4 atom stereocenters. The molecule has 1 unspecified atom stereocenters. The predicted octanol–water partition coefficient (Wildman–Crippen LogP) is 3.18. The van der Waals surface area contributed by atoms with Crippen LogP contribution in [0.3, 0.4) is 0 Å². The number of ether oxygens (including phenoxy) is 1. The Morgan fingerprint density at radius 2 is 1.79 bits per heavy atom. The number of H-pyrrole nitrogens is 1. The van der Waals surface area contributed by atoms with Crippen molar-refractivity contribution in [3.63, 3.8) is 0 Å². The number of aliphatic hydroxyl groups is 2. The fraction of sp³-hybridized carbons (Fsp3) is 0.773. The van der Waals surface area contributed by atoms with E-state index < -0.39 is 45.0 Å². The molecule has 1 fully saturated rings. The van der Waals surface area contributed by atoms with Crippen molar-refractivity contribution < 1.29 is 14.9 Å². The molecule has 1 saturated heterocycles. The van der Waals surface area contributed by atoms with Crippen molar-refractivity contribution >= 4 is 33.3 Å². The maximum Gasteiger partial charge on any atom is 0.280 e. The third-order valence-electron chi connectivity index (χ3n) is 8.94. The predicted molar refractivity (Wildman–Crippen MR) is 136 cm³/mol. The number of aromatic nitrogens is 4. The highest BCUT2D eigenvalue weighted by molar-refractivity contribution is 6.84. The summed E-state index contributed by atoms with van der Waals surface area (Å²) in [7, 11) is -4.77. The van der Waals surface area contributed by atoms with E-state index in [0.29, 0.717) is 5.65 Å². The average molecular weight is 496 g/mol. The van der Waals surface area contributed by atoms with Gasteiger partial charge in [0.25, 0.3) is 5.56 Å². The second-order valence-corrected chi connectivity index (χ2v) is 23.9. The van der Waals surface area contributed by atoms with Gasteiger partial charge in [-0.05, 0) is 10.1 Å². The van der Waals surface area contributed by atoms with Crippen LogP contribution in [0.5, 0.6) is 0 Å². The normalized spacial score (nSPS) is 26.2. The quantitative estimate of drug-likeness (QED) is 0.478. The number of hydrogen-bond donors (Lipinski definition) is 4. The van der Waals surface area contributed by atoms with Gasteiger partial charge in [0.15, 0.2) is 11.2 Å². The van der Waals surface area contributed by atoms with Crippen LogP contribution in [0.15, 0.2) is 11.1 Å². The summed E-state index contributed by atoms with van der Waals surface area (Å²) in [6.07, 6.45) is 0.387. The van der Waals surface area contributed by atoms with Crippen molar-refractivity contribution in [1.29, 1.82) is 0 Å². The summed E-state index contributed by atoms with van der Waals surface area (Å²) >= 11 is 0. The SMILES string of the molecule is CC(C)(C)[Si](C)(C)C(O)[C@H]1O[C@@H](n2cnc3c(=O)[nH]c(N)nc32)C[C@@]1(O)[Si](C)(C)C(C)(C)C. The monoisotopic (exact) mass is 495 g/mol. The van der Waals surface area contributed by atoms with Gasteiger partial charge in [-0.2, -0.15) is 4.98 Å². The van der Waals surface area contributed by atoms with Crippen LogP contribution in [0, 0.1) is 0 Å². The summed E-state index contributed by atoms with van der Waals surface area (Å²) in [5, 5.41) is 22.7. The van der Waals surface area contributed by atoms with Crippen LogP contribution in [0.4, 0.5) is 5.95 Å². The fourth-order valence-electron chi connectivity index (χ4n) is 4.45. The number of rotatable bonds is 4. The lowest BCUT2D eigenvalue weighted by atomic mass is 10.1. The molecule has 1 aliphatic rings. The highest BCUT2D eigenvalue weighted by atomic mass is 28.3. The lowest BCUT2D eigenvalue weighted by Gasteiger charge is -2.52. The summed E-state index contributed by atoms with van der Waals surface area (Å²) in [6.45, 7) is 21.5. The van der Waals surface area contributed by atoms with Gasteiger partial charge in [0.2, 0.25) is 5.95 Å². The van der Waals surface area contributed by atoms with Crippen LogP contribution in [0.1, 0.15) is 54.2 Å². The Bertz CT molecular complexity index is 1100. The molecule has 2 aromatic rings. The molecular formula is C22H41N5O4Si2. The van der Waals surface area contributed by atoms with Crippen molar-refractivity contribution in [2.45, 2.75) is 108 Å². The fourth-order valence-corrected chi connectivity index (χ4v) is 9.53. The van der Waals surface area contributed by atoms with Crippen molar-refractivity contribution in [1.82, 2.24) is 19.5 Å². The second kappa shape index (κ2) is 7.74. The third-order valence-corrected chi connectivity index (χ3v) is 21.0. The Balaban J connectivity index is 2.17. The molecule has 0 radical (unpaired) electrons. The summed E-state index contributed by atoms with van der Waals surface area (Å²) < 4.78 is 8.20. The van der Waals surface area contributed by atoms with E-state index in [-0.39, 0.29) is 28.0 Å². The molecule has 5 N–H and O–H groups in total. The highest BCUT2D eigenvalue weighted by Crippen LogP contribution is 2.54. The zero-order chi connectivity index (χ0) is 25.4. The van der Waals surface area contributed by atoms with Crippen molar-refractivity contribution in [2.75, 3.05) is 5.73 Å².